The van der Waals surface area contributed by atoms with E-state index in [0.717, 1.165) is 31.7 Å². The molecule has 3 heterocycles. The van der Waals surface area contributed by atoms with Crippen LogP contribution in [0.1, 0.15) is 17.7 Å². The van der Waals surface area contributed by atoms with Crippen molar-refractivity contribution in [3.05, 3.63) is 21.6 Å². The molecule has 6 nitrogen and oxygen atoms in total. The van der Waals surface area contributed by atoms with Crippen LogP contribution < -0.4 is 10.9 Å². The highest BCUT2D eigenvalue weighted by molar-refractivity contribution is 5.79. The first-order valence-corrected chi connectivity index (χ1v) is 6.43. The molecule has 0 saturated carbocycles. The molecule has 18 heavy (non-hydrogen) atoms. The van der Waals surface area contributed by atoms with E-state index < -0.39 is 0 Å². The van der Waals surface area contributed by atoms with Crippen LogP contribution in [-0.4, -0.2) is 46.7 Å². The molecule has 3 N–H and O–H groups in total. The first-order valence-electron chi connectivity index (χ1n) is 6.43. The zero-order valence-electron chi connectivity index (χ0n) is 10.5. The summed E-state index contributed by atoms with van der Waals surface area (Å²) in [5.41, 5.74) is 1.14. The van der Waals surface area contributed by atoms with Gasteiger partial charge in [-0.15, -0.1) is 0 Å². The fourth-order valence-electron chi connectivity index (χ4n) is 3.10. The molecule has 1 aromatic rings. The molecule has 6 heteroatoms. The summed E-state index contributed by atoms with van der Waals surface area (Å²) in [6.45, 7) is 4.54. The third kappa shape index (κ3) is 1.77. The maximum absolute atomic E-state index is 12.3. The van der Waals surface area contributed by atoms with E-state index in [2.05, 4.69) is 15.5 Å². The average molecular weight is 250 g/mol. The highest BCUT2D eigenvalue weighted by Gasteiger charge is 2.39. The molecule has 2 fully saturated rings. The van der Waals surface area contributed by atoms with E-state index in [1.165, 1.54) is 0 Å². The van der Waals surface area contributed by atoms with Gasteiger partial charge in [0.25, 0.3) is 5.56 Å². The van der Waals surface area contributed by atoms with E-state index in [4.69, 9.17) is 0 Å². The zero-order valence-corrected chi connectivity index (χ0v) is 10.5. The molecule has 1 aromatic heterocycles. The van der Waals surface area contributed by atoms with Crippen molar-refractivity contribution in [3.63, 3.8) is 0 Å². The minimum absolute atomic E-state index is 0.0689. The summed E-state index contributed by atoms with van der Waals surface area (Å²) in [5.74, 6) is 0.666. The van der Waals surface area contributed by atoms with Crippen LogP contribution in [0.25, 0.3) is 0 Å². The van der Waals surface area contributed by atoms with Gasteiger partial charge in [0, 0.05) is 36.9 Å². The third-order valence-electron chi connectivity index (χ3n) is 4.18. The molecule has 0 unspecified atom stereocenters. The second kappa shape index (κ2) is 4.28. The van der Waals surface area contributed by atoms with Crippen LogP contribution in [0.2, 0.25) is 0 Å². The first kappa shape index (κ1) is 11.5. The third-order valence-corrected chi connectivity index (χ3v) is 4.18. The van der Waals surface area contributed by atoms with Gasteiger partial charge >= 0.3 is 0 Å². The highest BCUT2D eigenvalue weighted by Crippen LogP contribution is 2.27. The summed E-state index contributed by atoms with van der Waals surface area (Å²) in [5, 5.41) is 8.60. The van der Waals surface area contributed by atoms with Crippen molar-refractivity contribution in [1.82, 2.24) is 20.4 Å². The summed E-state index contributed by atoms with van der Waals surface area (Å²) >= 11 is 0. The van der Waals surface area contributed by atoms with Crippen molar-refractivity contribution in [1.29, 1.82) is 0 Å². The van der Waals surface area contributed by atoms with Crippen molar-refractivity contribution in [3.8, 4) is 0 Å². The van der Waals surface area contributed by atoms with Gasteiger partial charge in [0.15, 0.2) is 0 Å². The number of carbonyl (C=O) groups is 1. The fraction of sp³-hybridized carbons (Fsp3) is 0.667. The summed E-state index contributed by atoms with van der Waals surface area (Å²) in [6, 6.07) is 0.329. The number of aryl methyl sites for hydroxylation is 1. The molecule has 98 valence electrons. The van der Waals surface area contributed by atoms with Crippen LogP contribution in [0.3, 0.4) is 0 Å². The quantitative estimate of drug-likeness (QED) is 0.654. The Kier molecular flexibility index (Phi) is 2.74. The zero-order chi connectivity index (χ0) is 12.7. The Balaban J connectivity index is 1.74. The summed E-state index contributed by atoms with van der Waals surface area (Å²) in [4.78, 5) is 25.8. The number of hydrogen-bond donors (Lipinski definition) is 3. The van der Waals surface area contributed by atoms with E-state index in [-0.39, 0.29) is 17.9 Å². The molecule has 2 saturated heterocycles. The lowest BCUT2D eigenvalue weighted by atomic mass is 10.0. The lowest BCUT2D eigenvalue weighted by molar-refractivity contribution is -0.131. The average Bonchev–Trinajstić information content (AvgIpc) is 2.99. The number of hydrogen-bond acceptors (Lipinski definition) is 3. The van der Waals surface area contributed by atoms with Gasteiger partial charge in [-0.2, -0.15) is 0 Å². The van der Waals surface area contributed by atoms with Gasteiger partial charge in [-0.05, 0) is 19.3 Å². The monoisotopic (exact) mass is 250 g/mol. The summed E-state index contributed by atoms with van der Waals surface area (Å²) in [7, 11) is 0. The first-order chi connectivity index (χ1) is 8.66. The minimum atomic E-state index is -0.179. The number of carbonyl (C=O) groups excluding carboxylic acids is 1. The molecular weight excluding hydrogens is 232 g/mol. The van der Waals surface area contributed by atoms with E-state index in [1.54, 1.807) is 0 Å². The number of H-pyrrole nitrogens is 2. The van der Waals surface area contributed by atoms with Crippen LogP contribution in [0.15, 0.2) is 4.79 Å². The number of rotatable bonds is 2. The smallest absolute Gasteiger partial charge is 0.267 e. The molecule has 0 aliphatic carbocycles. The lowest BCUT2D eigenvalue weighted by Crippen LogP contribution is -2.40. The number of nitrogens with zero attached hydrogens (tertiary/aromatic N) is 1. The van der Waals surface area contributed by atoms with Gasteiger partial charge in [-0.1, -0.05) is 0 Å². The van der Waals surface area contributed by atoms with Crippen LogP contribution in [0, 0.1) is 12.8 Å². The maximum Gasteiger partial charge on any atom is 0.267 e. The second-order valence-corrected chi connectivity index (χ2v) is 5.22. The molecule has 0 spiro atoms. The van der Waals surface area contributed by atoms with Crippen molar-refractivity contribution < 1.29 is 4.79 Å². The van der Waals surface area contributed by atoms with Crippen molar-refractivity contribution in [2.75, 3.05) is 19.6 Å². The van der Waals surface area contributed by atoms with Crippen LogP contribution in [0.5, 0.6) is 0 Å². The molecule has 1 amide bonds. The minimum Gasteiger partial charge on any atom is -0.338 e. The Morgan fingerprint density at radius 3 is 2.94 bits per heavy atom. The number of likely N-dealkylation sites (tertiary alicyclic amines) is 1. The van der Waals surface area contributed by atoms with E-state index in [1.807, 2.05) is 11.8 Å². The Hall–Kier alpha value is -1.56. The Labute approximate surface area is 105 Å². The Morgan fingerprint density at radius 2 is 2.22 bits per heavy atom. The topological polar surface area (TPSA) is 81.0 Å². The second-order valence-electron chi connectivity index (χ2n) is 5.22. The molecule has 2 atom stereocenters. The SMILES string of the molecule is Cc1[nH][nH]c(=O)c1CC(=O)N1CC[C@H]2CNC[C@H]21. The number of aromatic amines is 2. The maximum atomic E-state index is 12.3. The van der Waals surface area contributed by atoms with Crippen LogP contribution >= 0.6 is 0 Å². The predicted molar refractivity (Wildman–Crippen MR) is 66.3 cm³/mol. The fourth-order valence-corrected chi connectivity index (χ4v) is 3.10. The Bertz CT molecular complexity index is 518. The van der Waals surface area contributed by atoms with Gasteiger partial charge in [-0.3, -0.25) is 14.7 Å². The van der Waals surface area contributed by atoms with Gasteiger partial charge in [0.2, 0.25) is 5.91 Å². The van der Waals surface area contributed by atoms with E-state index in [0.29, 0.717) is 17.5 Å². The van der Waals surface area contributed by atoms with E-state index in [9.17, 15) is 9.59 Å². The lowest BCUT2D eigenvalue weighted by Gasteiger charge is -2.23. The number of fused-ring (bicyclic) bond motifs is 1. The van der Waals surface area contributed by atoms with Gasteiger partial charge < -0.3 is 15.3 Å². The Morgan fingerprint density at radius 1 is 1.39 bits per heavy atom. The van der Waals surface area contributed by atoms with Crippen molar-refractivity contribution in [2.24, 2.45) is 5.92 Å². The standard InChI is InChI=1S/C12H18N4O2/c1-7-9(12(18)15-14-7)4-11(17)16-3-2-8-5-13-6-10(8)16/h8,10,13H,2-6H2,1H3,(H2,14,15,18)/t8-,10+/m0/s1. The van der Waals surface area contributed by atoms with Gasteiger partial charge in [0.1, 0.15) is 0 Å². The summed E-state index contributed by atoms with van der Waals surface area (Å²) < 4.78 is 0. The molecule has 3 rings (SSSR count). The molecule has 0 radical (unpaired) electrons. The molecule has 2 aliphatic heterocycles. The van der Waals surface area contributed by atoms with Gasteiger partial charge in [-0.25, -0.2) is 0 Å². The van der Waals surface area contributed by atoms with Gasteiger partial charge in [0.05, 0.1) is 6.42 Å². The van der Waals surface area contributed by atoms with Crippen LogP contribution in [0.4, 0.5) is 0 Å². The normalized spacial score (nSPS) is 26.6. The highest BCUT2D eigenvalue weighted by atomic mass is 16.2. The number of nitrogens with one attached hydrogen (secondary N) is 3. The molecule has 0 aromatic carbocycles. The number of amides is 1. The largest absolute Gasteiger partial charge is 0.338 e. The molecule has 0 bridgehead atoms. The van der Waals surface area contributed by atoms with E-state index >= 15 is 0 Å². The molecular formula is C12H18N4O2. The predicted octanol–water partition coefficient (Wildman–Crippen LogP) is -0.626. The summed E-state index contributed by atoms with van der Waals surface area (Å²) in [6.07, 6.45) is 1.28. The van der Waals surface area contributed by atoms with Crippen molar-refractivity contribution >= 4 is 5.91 Å². The molecule has 2 aliphatic rings. The van der Waals surface area contributed by atoms with Crippen molar-refractivity contribution in [2.45, 2.75) is 25.8 Å². The number of aromatic nitrogens is 2. The van der Waals surface area contributed by atoms with Crippen LogP contribution in [-0.2, 0) is 11.2 Å².